The van der Waals surface area contributed by atoms with Crippen molar-refractivity contribution < 1.29 is 24.0 Å². The molecule has 1 unspecified atom stereocenters. The number of fused-ring (bicyclic) bond motifs is 2. The average Bonchev–Trinajstić information content (AvgIpc) is 2.97. The lowest BCUT2D eigenvalue weighted by molar-refractivity contribution is -0.559. The number of carbonyl (C=O) groups excluding carboxylic acids is 1. The number of anilines is 1. The van der Waals surface area contributed by atoms with Crippen molar-refractivity contribution in [3.63, 3.8) is 0 Å². The highest BCUT2D eigenvalue weighted by Crippen LogP contribution is 2.60. The van der Waals surface area contributed by atoms with Crippen LogP contribution < -0.4 is 4.90 Å². The van der Waals surface area contributed by atoms with Crippen LogP contribution in [0.25, 0.3) is 0 Å². The minimum atomic E-state index is -0.830. The second kappa shape index (κ2) is 8.79. The first kappa shape index (κ1) is 23.8. The molecule has 6 nitrogen and oxygen atoms in total. The topological polar surface area (TPSA) is 57.2 Å². The molecule has 0 aromatic heterocycles. The summed E-state index contributed by atoms with van der Waals surface area (Å²) >= 11 is 0. The second-order valence-corrected chi connectivity index (χ2v) is 10.4. The van der Waals surface area contributed by atoms with Crippen LogP contribution in [0.5, 0.6) is 0 Å². The third-order valence-electron chi connectivity index (χ3n) is 8.22. The first-order chi connectivity index (χ1) is 14.8. The van der Waals surface area contributed by atoms with Crippen molar-refractivity contribution in [3.8, 4) is 0 Å². The van der Waals surface area contributed by atoms with Gasteiger partial charge in [0, 0.05) is 38.0 Å². The number of ether oxygens (including phenoxy) is 2. The molecule has 7 atom stereocenters. The zero-order valence-electron chi connectivity index (χ0n) is 19.5. The van der Waals surface area contributed by atoms with Crippen LogP contribution in [0.3, 0.4) is 0 Å². The molecular weight excluding hydrogens is 430 g/mol. The number of nitrogens with zero attached hydrogens (tertiary/aromatic N) is 1. The van der Waals surface area contributed by atoms with E-state index in [2.05, 4.69) is 36.1 Å². The van der Waals surface area contributed by atoms with Crippen molar-refractivity contribution in [3.05, 3.63) is 29.8 Å². The van der Waals surface area contributed by atoms with Gasteiger partial charge in [-0.05, 0) is 69.1 Å². The SMILES string of the molecule is C[C@@H]1CC[C@H]2[C@@H](CCCc3ccc(N(C)C)cc3)C(=O)O[C@@H]3O[C@@]4(C)CCC1[C@]32OO4.Cl. The van der Waals surface area contributed by atoms with Crippen LogP contribution in [0, 0.1) is 23.7 Å². The minimum absolute atomic E-state index is 0. The Morgan fingerprint density at radius 3 is 2.53 bits per heavy atom. The fourth-order valence-electron chi connectivity index (χ4n) is 6.42. The molecule has 7 heteroatoms. The molecule has 1 aromatic rings. The van der Waals surface area contributed by atoms with Gasteiger partial charge >= 0.3 is 5.97 Å². The summed E-state index contributed by atoms with van der Waals surface area (Å²) < 4.78 is 12.1. The Morgan fingerprint density at radius 2 is 1.81 bits per heavy atom. The molecule has 2 bridgehead atoms. The average molecular weight is 466 g/mol. The number of esters is 1. The molecule has 0 amide bonds. The predicted octanol–water partition coefficient (Wildman–Crippen LogP) is 4.89. The molecule has 1 aliphatic carbocycles. The van der Waals surface area contributed by atoms with Gasteiger partial charge < -0.3 is 14.4 Å². The fraction of sp³-hybridized carbons (Fsp3) is 0.720. The number of carbonyl (C=O) groups is 1. The van der Waals surface area contributed by atoms with E-state index in [9.17, 15) is 4.79 Å². The third-order valence-corrected chi connectivity index (χ3v) is 8.22. The molecule has 5 fully saturated rings. The highest BCUT2D eigenvalue weighted by molar-refractivity contribution is 5.85. The van der Waals surface area contributed by atoms with Crippen molar-refractivity contribution in [2.45, 2.75) is 76.5 Å². The predicted molar refractivity (Wildman–Crippen MR) is 123 cm³/mol. The quantitative estimate of drug-likeness (QED) is 0.456. The molecule has 1 spiro atoms. The molecule has 6 rings (SSSR count). The van der Waals surface area contributed by atoms with Gasteiger partial charge in [-0.15, -0.1) is 12.4 Å². The van der Waals surface area contributed by atoms with Crippen LogP contribution >= 0.6 is 12.4 Å². The van der Waals surface area contributed by atoms with Crippen LogP contribution in [-0.2, 0) is 30.5 Å². The van der Waals surface area contributed by atoms with E-state index >= 15 is 0 Å². The maximum atomic E-state index is 13.1. The summed E-state index contributed by atoms with van der Waals surface area (Å²) in [6.07, 6.45) is 5.84. The van der Waals surface area contributed by atoms with Crippen molar-refractivity contribution in [1.29, 1.82) is 0 Å². The lowest BCUT2D eigenvalue weighted by Crippen LogP contribution is -2.70. The molecule has 1 saturated carbocycles. The Balaban J connectivity index is 0.00000245. The summed E-state index contributed by atoms with van der Waals surface area (Å²) in [5, 5.41) is 0. The Hall–Kier alpha value is -1.34. The van der Waals surface area contributed by atoms with E-state index in [1.165, 1.54) is 11.3 Å². The number of rotatable bonds is 5. The van der Waals surface area contributed by atoms with Gasteiger partial charge in [-0.1, -0.05) is 19.1 Å². The second-order valence-electron chi connectivity index (χ2n) is 10.4. The largest absolute Gasteiger partial charge is 0.432 e. The van der Waals surface area contributed by atoms with Crippen LogP contribution in [0.2, 0.25) is 0 Å². The molecule has 32 heavy (non-hydrogen) atoms. The van der Waals surface area contributed by atoms with Crippen LogP contribution in [-0.4, -0.2) is 37.7 Å². The Kier molecular flexibility index (Phi) is 6.54. The van der Waals surface area contributed by atoms with Crippen molar-refractivity contribution >= 4 is 24.1 Å². The van der Waals surface area contributed by atoms with Crippen LogP contribution in [0.15, 0.2) is 24.3 Å². The lowest BCUT2D eigenvalue weighted by Gasteiger charge is -2.58. The van der Waals surface area contributed by atoms with Gasteiger partial charge in [0.15, 0.2) is 5.60 Å². The maximum absolute atomic E-state index is 13.1. The minimum Gasteiger partial charge on any atom is -0.432 e. The summed E-state index contributed by atoms with van der Waals surface area (Å²) in [6.45, 7) is 4.18. The summed E-state index contributed by atoms with van der Waals surface area (Å²) in [5.74, 6) is -0.255. The van der Waals surface area contributed by atoms with E-state index in [0.717, 1.165) is 44.9 Å². The molecule has 178 valence electrons. The highest BCUT2D eigenvalue weighted by atomic mass is 35.5. The van der Waals surface area contributed by atoms with E-state index in [-0.39, 0.29) is 36.1 Å². The van der Waals surface area contributed by atoms with E-state index in [1.54, 1.807) is 0 Å². The number of hydrogen-bond donors (Lipinski definition) is 0. The number of halogens is 1. The Bertz CT molecular complexity index is 832. The van der Waals surface area contributed by atoms with E-state index in [1.807, 2.05) is 21.0 Å². The van der Waals surface area contributed by atoms with Gasteiger partial charge in [-0.25, -0.2) is 9.78 Å². The zero-order valence-corrected chi connectivity index (χ0v) is 20.4. The van der Waals surface area contributed by atoms with Gasteiger partial charge in [-0.2, -0.15) is 0 Å². The zero-order chi connectivity index (χ0) is 21.8. The van der Waals surface area contributed by atoms with Gasteiger partial charge in [0.25, 0.3) is 0 Å². The molecule has 1 aromatic carbocycles. The molecule has 0 radical (unpaired) electrons. The monoisotopic (exact) mass is 465 g/mol. The fourth-order valence-corrected chi connectivity index (χ4v) is 6.42. The summed E-state index contributed by atoms with van der Waals surface area (Å²) in [6, 6.07) is 8.65. The number of aryl methyl sites for hydroxylation is 1. The Morgan fingerprint density at radius 1 is 1.06 bits per heavy atom. The van der Waals surface area contributed by atoms with Gasteiger partial charge in [0.1, 0.15) is 0 Å². The van der Waals surface area contributed by atoms with Crippen molar-refractivity contribution in [2.24, 2.45) is 23.7 Å². The van der Waals surface area contributed by atoms with E-state index < -0.39 is 17.7 Å². The first-order valence-corrected chi connectivity index (χ1v) is 11.8. The van der Waals surface area contributed by atoms with E-state index in [4.69, 9.17) is 19.2 Å². The van der Waals surface area contributed by atoms with Gasteiger partial charge in [-0.3, -0.25) is 4.79 Å². The lowest BCUT2D eigenvalue weighted by atomic mass is 9.57. The molecule has 4 saturated heterocycles. The molecule has 5 aliphatic rings. The standard InChI is InChI=1S/C25H35NO5.ClH/c1-16-8-13-21-19(7-5-6-17-9-11-18(12-10-17)26(3)4)22(27)28-23-25(21)20(16)14-15-24(2,29-23)30-31-25;/h9-12,16,19-21,23H,5-8,13-15H2,1-4H3;1H/t16-,19-,20?,21+,23-,24-,25-;/m1./s1. The molecular formula is C25H36ClNO5. The van der Waals surface area contributed by atoms with Gasteiger partial charge in [0.05, 0.1) is 5.92 Å². The molecule has 4 heterocycles. The van der Waals surface area contributed by atoms with E-state index in [0.29, 0.717) is 5.92 Å². The van der Waals surface area contributed by atoms with Crippen molar-refractivity contribution in [1.82, 2.24) is 0 Å². The summed E-state index contributed by atoms with van der Waals surface area (Å²) in [7, 11) is 4.09. The summed E-state index contributed by atoms with van der Waals surface area (Å²) in [5.41, 5.74) is 1.83. The first-order valence-electron chi connectivity index (χ1n) is 11.8. The van der Waals surface area contributed by atoms with Crippen molar-refractivity contribution in [2.75, 3.05) is 19.0 Å². The van der Waals surface area contributed by atoms with Crippen LogP contribution in [0.1, 0.15) is 57.9 Å². The number of hydrogen-bond acceptors (Lipinski definition) is 6. The normalized spacial score (nSPS) is 40.0. The molecule has 0 N–H and O–H groups in total. The van der Waals surface area contributed by atoms with Crippen LogP contribution in [0.4, 0.5) is 5.69 Å². The smallest absolute Gasteiger partial charge is 0.311 e. The third kappa shape index (κ3) is 3.83. The number of benzene rings is 1. The summed E-state index contributed by atoms with van der Waals surface area (Å²) in [4.78, 5) is 27.2. The molecule has 4 aliphatic heterocycles. The maximum Gasteiger partial charge on any atom is 0.311 e. The van der Waals surface area contributed by atoms with Gasteiger partial charge in [0.2, 0.25) is 12.1 Å². The highest BCUT2D eigenvalue weighted by Gasteiger charge is 2.70. The Labute approximate surface area is 197 Å².